The summed E-state index contributed by atoms with van der Waals surface area (Å²) in [5.74, 6) is 4.92. The Balaban J connectivity index is 0.000000219. The molecule has 0 unspecified atom stereocenters. The molecular weight excluding hydrogens is 900 g/mol. The van der Waals surface area contributed by atoms with Crippen molar-refractivity contribution in [2.75, 3.05) is 43.3 Å². The van der Waals surface area contributed by atoms with Gasteiger partial charge in [-0.25, -0.2) is 39.9 Å². The second kappa shape index (κ2) is 23.9. The Hall–Kier alpha value is -4.51. The van der Waals surface area contributed by atoms with Crippen molar-refractivity contribution in [2.45, 2.75) is 78.3 Å². The standard InChI is InChI=1S/C20H23BrN6O.C16H22N4O.C4H2BrClN2.2CH4/c1-28-19-18-14(8-9-22-19)4-7-17(27-18)26-16-5-2-13(3-6-16)10-23-20-24-11-15(21)12-25-20;1-21-16-15-12(8-9-18-16)4-7-14(20-15)19-13-5-2-11(10-17)3-6-13;5-3-1-7-4(6)8-2-3;;/h4,7-9,11-13,16H,2-3,5-6,10H2,1H3,(H,26,27)(H,23,24,25);4,7-9,11,13H,2-3,5-6,10,17H2,1H3,(H,19,20);1-2H;2*1H4. The van der Waals surface area contributed by atoms with Gasteiger partial charge in [0.25, 0.3) is 0 Å². The fourth-order valence-electron chi connectivity index (χ4n) is 6.91. The number of aromatic nitrogens is 8. The molecule has 0 radical (unpaired) electrons. The van der Waals surface area contributed by atoms with E-state index >= 15 is 0 Å². The van der Waals surface area contributed by atoms with Gasteiger partial charge >= 0.3 is 0 Å². The molecule has 0 atom stereocenters. The van der Waals surface area contributed by atoms with Crippen molar-refractivity contribution in [2.24, 2.45) is 17.6 Å². The molecular formula is C42H55Br2ClN12O2. The quantitative estimate of drug-likeness (QED) is 0.0952. The summed E-state index contributed by atoms with van der Waals surface area (Å²) in [6.07, 6.45) is 19.5. The van der Waals surface area contributed by atoms with Crippen molar-refractivity contribution >= 4 is 82.9 Å². The van der Waals surface area contributed by atoms with Crippen molar-refractivity contribution in [1.29, 1.82) is 0 Å². The van der Waals surface area contributed by atoms with E-state index in [2.05, 4.69) is 94.8 Å². The zero-order valence-corrected chi connectivity index (χ0v) is 35.8. The van der Waals surface area contributed by atoms with Crippen LogP contribution in [0.15, 0.2) is 82.5 Å². The van der Waals surface area contributed by atoms with Crippen LogP contribution in [0.1, 0.15) is 66.2 Å². The molecule has 0 aromatic carbocycles. The third-order valence-electron chi connectivity index (χ3n) is 10.0. The molecule has 17 heteroatoms. The molecule has 8 rings (SSSR count). The Morgan fingerprint density at radius 1 is 0.627 bits per heavy atom. The highest BCUT2D eigenvalue weighted by molar-refractivity contribution is 9.10. The SMILES string of the molecule is C.C.COc1nccc2ccc(NC3CCC(CN)CC3)nc12.COc1nccc2ccc(NC3CCC(CNc4ncc(Br)cn4)CC3)nc12.Clc1ncc(Br)cn1. The van der Waals surface area contributed by atoms with Crippen molar-refractivity contribution in [3.63, 3.8) is 0 Å². The van der Waals surface area contributed by atoms with Gasteiger partial charge < -0.3 is 31.2 Å². The van der Waals surface area contributed by atoms with E-state index in [9.17, 15) is 0 Å². The first kappa shape index (κ1) is 47.2. The predicted octanol–water partition coefficient (Wildman–Crippen LogP) is 10.0. The number of ether oxygens (including phenoxy) is 2. The fourth-order valence-corrected chi connectivity index (χ4v) is 7.42. The van der Waals surface area contributed by atoms with Gasteiger partial charge in [0.1, 0.15) is 22.7 Å². The molecule has 14 nitrogen and oxygen atoms in total. The van der Waals surface area contributed by atoms with E-state index in [1.54, 1.807) is 51.4 Å². The van der Waals surface area contributed by atoms with E-state index in [1.807, 2.05) is 24.3 Å². The number of nitrogens with zero attached hydrogens (tertiary/aromatic N) is 8. The molecule has 0 amide bonds. The molecule has 316 valence electrons. The third-order valence-corrected chi connectivity index (χ3v) is 11.0. The van der Waals surface area contributed by atoms with Gasteiger partial charge in [-0.2, -0.15) is 0 Å². The largest absolute Gasteiger partial charge is 0.479 e. The number of halogens is 3. The summed E-state index contributed by atoms with van der Waals surface area (Å²) < 4.78 is 12.3. The number of methoxy groups -OCH3 is 2. The average Bonchev–Trinajstić information content (AvgIpc) is 3.25. The molecule has 0 saturated heterocycles. The minimum absolute atomic E-state index is 0. The maximum atomic E-state index is 5.74. The highest BCUT2D eigenvalue weighted by Crippen LogP contribution is 2.29. The van der Waals surface area contributed by atoms with Crippen molar-refractivity contribution in [1.82, 2.24) is 39.9 Å². The van der Waals surface area contributed by atoms with Crippen molar-refractivity contribution < 1.29 is 9.47 Å². The van der Waals surface area contributed by atoms with Gasteiger partial charge in [-0.1, -0.05) is 14.9 Å². The Morgan fingerprint density at radius 2 is 1.07 bits per heavy atom. The van der Waals surface area contributed by atoms with Crippen LogP contribution in [-0.2, 0) is 0 Å². The lowest BCUT2D eigenvalue weighted by Gasteiger charge is -2.29. The van der Waals surface area contributed by atoms with E-state index in [4.69, 9.17) is 31.8 Å². The van der Waals surface area contributed by atoms with Gasteiger partial charge in [-0.3, -0.25) is 0 Å². The molecule has 0 bridgehead atoms. The normalized spacial score (nSPS) is 18.3. The van der Waals surface area contributed by atoms with Gasteiger partial charge in [0.2, 0.25) is 23.0 Å². The van der Waals surface area contributed by atoms with Crippen LogP contribution < -0.4 is 31.2 Å². The van der Waals surface area contributed by atoms with Crippen LogP contribution in [0.2, 0.25) is 5.28 Å². The number of hydrogen-bond donors (Lipinski definition) is 4. The van der Waals surface area contributed by atoms with E-state index in [0.717, 1.165) is 81.2 Å². The average molecular weight is 955 g/mol. The summed E-state index contributed by atoms with van der Waals surface area (Å²) in [6.45, 7) is 1.72. The van der Waals surface area contributed by atoms with Crippen LogP contribution in [0.25, 0.3) is 21.8 Å². The second-order valence-corrected chi connectivity index (χ2v) is 16.1. The zero-order valence-electron chi connectivity index (χ0n) is 31.9. The van der Waals surface area contributed by atoms with Crippen LogP contribution in [0.5, 0.6) is 11.8 Å². The summed E-state index contributed by atoms with van der Waals surface area (Å²) in [4.78, 5) is 33.7. The number of nitrogens with two attached hydrogens (primary N) is 1. The number of nitrogens with one attached hydrogen (secondary N) is 3. The lowest BCUT2D eigenvalue weighted by molar-refractivity contribution is 0.344. The van der Waals surface area contributed by atoms with Crippen LogP contribution in [0, 0.1) is 11.8 Å². The summed E-state index contributed by atoms with van der Waals surface area (Å²) in [7, 11) is 3.25. The van der Waals surface area contributed by atoms with E-state index < -0.39 is 0 Å². The van der Waals surface area contributed by atoms with Crippen LogP contribution >= 0.6 is 43.5 Å². The van der Waals surface area contributed by atoms with Gasteiger partial charge in [0, 0.05) is 66.6 Å². The maximum absolute atomic E-state index is 5.74. The lowest BCUT2D eigenvalue weighted by Crippen LogP contribution is -2.29. The Labute approximate surface area is 369 Å². The first-order chi connectivity index (χ1) is 27.8. The Bertz CT molecular complexity index is 2130. The maximum Gasteiger partial charge on any atom is 0.240 e. The highest BCUT2D eigenvalue weighted by Gasteiger charge is 2.22. The van der Waals surface area contributed by atoms with Gasteiger partial charge in [0.15, 0.2) is 0 Å². The molecule has 0 aliphatic heterocycles. The molecule has 6 heterocycles. The van der Waals surface area contributed by atoms with Crippen molar-refractivity contribution in [3.05, 3.63) is 87.8 Å². The fraction of sp³-hybridized carbons (Fsp3) is 0.429. The van der Waals surface area contributed by atoms with E-state index in [0.29, 0.717) is 41.6 Å². The summed E-state index contributed by atoms with van der Waals surface area (Å²) in [5, 5.41) is 12.8. The monoisotopic (exact) mass is 952 g/mol. The first-order valence-electron chi connectivity index (χ1n) is 19.0. The van der Waals surface area contributed by atoms with Crippen molar-refractivity contribution in [3.8, 4) is 11.8 Å². The van der Waals surface area contributed by atoms with Gasteiger partial charge in [-0.15, -0.1) is 0 Å². The van der Waals surface area contributed by atoms with Crippen LogP contribution in [-0.4, -0.2) is 79.3 Å². The summed E-state index contributed by atoms with van der Waals surface area (Å²) >= 11 is 11.9. The number of hydrogen-bond acceptors (Lipinski definition) is 14. The first-order valence-corrected chi connectivity index (χ1v) is 20.9. The zero-order chi connectivity index (χ0) is 40.0. The minimum Gasteiger partial charge on any atom is -0.479 e. The molecule has 59 heavy (non-hydrogen) atoms. The number of fused-ring (bicyclic) bond motifs is 2. The van der Waals surface area contributed by atoms with Gasteiger partial charge in [0.05, 0.1) is 23.2 Å². The lowest BCUT2D eigenvalue weighted by atomic mass is 9.86. The molecule has 6 aromatic rings. The van der Waals surface area contributed by atoms with Crippen LogP contribution in [0.4, 0.5) is 17.6 Å². The molecule has 5 N–H and O–H groups in total. The summed E-state index contributed by atoms with van der Waals surface area (Å²) in [6, 6.07) is 13.0. The molecule has 2 fully saturated rings. The van der Waals surface area contributed by atoms with E-state index in [-0.39, 0.29) is 20.1 Å². The number of anilines is 3. The Kier molecular flexibility index (Phi) is 19.1. The van der Waals surface area contributed by atoms with Gasteiger partial charge in [-0.05, 0) is 150 Å². The minimum atomic E-state index is 0. The summed E-state index contributed by atoms with van der Waals surface area (Å²) in [5.41, 5.74) is 7.34. The predicted molar refractivity (Wildman–Crippen MR) is 246 cm³/mol. The molecule has 2 aliphatic carbocycles. The second-order valence-electron chi connectivity index (χ2n) is 13.9. The molecule has 2 aliphatic rings. The van der Waals surface area contributed by atoms with E-state index in [1.165, 1.54) is 25.7 Å². The Morgan fingerprint density at radius 3 is 1.49 bits per heavy atom. The number of pyridine rings is 4. The van der Waals surface area contributed by atoms with Crippen LogP contribution in [0.3, 0.4) is 0 Å². The molecule has 0 spiro atoms. The highest BCUT2D eigenvalue weighted by atomic mass is 79.9. The third kappa shape index (κ3) is 14.0. The molecule has 6 aromatic heterocycles. The molecule has 2 saturated carbocycles. The topological polar surface area (TPSA) is 184 Å². The number of rotatable bonds is 10. The smallest absolute Gasteiger partial charge is 0.240 e.